The molecule has 0 radical (unpaired) electrons. The van der Waals surface area contributed by atoms with Crippen LogP contribution in [-0.2, 0) is 9.53 Å². The van der Waals surface area contributed by atoms with Gasteiger partial charge in [0.05, 0.1) is 6.54 Å². The molecular formula is C25H32N4O4. The van der Waals surface area contributed by atoms with Gasteiger partial charge in [0.15, 0.2) is 0 Å². The summed E-state index contributed by atoms with van der Waals surface area (Å²) in [7, 11) is 0. The van der Waals surface area contributed by atoms with Crippen molar-refractivity contribution in [1.29, 1.82) is 5.26 Å². The molecule has 2 heterocycles. The highest BCUT2D eigenvalue weighted by Gasteiger charge is 2.39. The summed E-state index contributed by atoms with van der Waals surface area (Å²) in [6.07, 6.45) is -0.255. The molecule has 0 saturated carbocycles. The van der Waals surface area contributed by atoms with Crippen molar-refractivity contribution in [3.8, 4) is 11.9 Å². The Morgan fingerprint density at radius 1 is 1.21 bits per heavy atom. The third-order valence-electron chi connectivity index (χ3n) is 5.33. The van der Waals surface area contributed by atoms with E-state index in [-0.39, 0.29) is 17.7 Å². The summed E-state index contributed by atoms with van der Waals surface area (Å²) in [5.41, 5.74) is -0.884. The molecule has 0 spiro atoms. The summed E-state index contributed by atoms with van der Waals surface area (Å²) in [4.78, 5) is 31.8. The number of aromatic nitrogens is 1. The zero-order chi connectivity index (χ0) is 24.4. The van der Waals surface area contributed by atoms with Crippen molar-refractivity contribution in [2.75, 3.05) is 13.1 Å². The van der Waals surface area contributed by atoms with Crippen molar-refractivity contribution in [1.82, 2.24) is 15.2 Å². The highest BCUT2D eigenvalue weighted by atomic mass is 16.6. The molecule has 1 aliphatic heterocycles. The molecule has 3 rings (SSSR count). The van der Waals surface area contributed by atoms with E-state index >= 15 is 0 Å². The minimum atomic E-state index is -0.744. The van der Waals surface area contributed by atoms with Crippen LogP contribution in [0.1, 0.15) is 53.7 Å². The molecule has 1 N–H and O–H groups in total. The maximum atomic E-state index is 13.3. The summed E-state index contributed by atoms with van der Waals surface area (Å²) in [6, 6.07) is 10.6. The number of carbonyl (C=O) groups excluding carboxylic acids is 2. The van der Waals surface area contributed by atoms with Crippen molar-refractivity contribution < 1.29 is 19.1 Å². The Bertz CT molecular complexity index is 1080. The van der Waals surface area contributed by atoms with E-state index in [0.717, 1.165) is 10.8 Å². The van der Waals surface area contributed by atoms with Gasteiger partial charge in [-0.15, -0.1) is 0 Å². The zero-order valence-corrected chi connectivity index (χ0v) is 20.1. The number of carbonyl (C=O) groups is 2. The van der Waals surface area contributed by atoms with Crippen LogP contribution in [0.4, 0.5) is 4.79 Å². The van der Waals surface area contributed by atoms with Gasteiger partial charge < -0.3 is 19.7 Å². The highest BCUT2D eigenvalue weighted by molar-refractivity contribution is 5.88. The number of nitriles is 1. The Morgan fingerprint density at radius 2 is 1.91 bits per heavy atom. The fraction of sp³-hybridized carbons (Fsp3) is 0.520. The molecular weight excluding hydrogens is 420 g/mol. The second-order valence-corrected chi connectivity index (χ2v) is 10.4. The number of hydrogen-bond acceptors (Lipinski definition) is 6. The van der Waals surface area contributed by atoms with Crippen molar-refractivity contribution >= 4 is 22.8 Å². The van der Waals surface area contributed by atoms with E-state index in [9.17, 15) is 14.9 Å². The van der Waals surface area contributed by atoms with E-state index in [1.165, 1.54) is 0 Å². The number of pyridine rings is 1. The van der Waals surface area contributed by atoms with Crippen LogP contribution < -0.4 is 10.1 Å². The number of benzene rings is 1. The molecule has 1 aromatic heterocycles. The van der Waals surface area contributed by atoms with Crippen molar-refractivity contribution in [3.63, 3.8) is 0 Å². The molecule has 8 nitrogen and oxygen atoms in total. The van der Waals surface area contributed by atoms with Gasteiger partial charge in [-0.1, -0.05) is 39.0 Å². The number of rotatable bonds is 4. The number of nitrogens with one attached hydrogen (secondary N) is 1. The average Bonchev–Trinajstić information content (AvgIpc) is 3.18. The Balaban J connectivity index is 1.73. The maximum absolute atomic E-state index is 13.3. The van der Waals surface area contributed by atoms with Gasteiger partial charge in [-0.2, -0.15) is 5.26 Å². The standard InChI is InChI=1S/C25H32N4O4/c1-24(2,3)20(28-23(31)33-25(4,5)6)22(30)29-12-11-18(15-29)32-21-19-10-8-7-9-16(19)13-17(14-26)27-21/h7-10,13,18,20H,11-12,15H2,1-6H3,(H,28,31)/t18-,20-/m1/s1. The molecule has 2 aromatic rings. The van der Waals surface area contributed by atoms with E-state index in [2.05, 4.69) is 16.4 Å². The SMILES string of the molecule is CC(C)(C)OC(=O)N[C@H](C(=O)N1CC[C@@H](Oc2nc(C#N)cc3ccccc23)C1)C(C)(C)C. The van der Waals surface area contributed by atoms with Crippen LogP contribution in [-0.4, -0.2) is 52.7 Å². The van der Waals surface area contributed by atoms with Crippen LogP contribution in [0.15, 0.2) is 30.3 Å². The van der Waals surface area contributed by atoms with E-state index in [4.69, 9.17) is 9.47 Å². The van der Waals surface area contributed by atoms with Gasteiger partial charge in [-0.3, -0.25) is 4.79 Å². The lowest BCUT2D eigenvalue weighted by atomic mass is 9.86. The smallest absolute Gasteiger partial charge is 0.408 e. The molecule has 0 bridgehead atoms. The quantitative estimate of drug-likeness (QED) is 0.751. The van der Waals surface area contributed by atoms with Crippen LogP contribution in [0, 0.1) is 16.7 Å². The monoisotopic (exact) mass is 452 g/mol. The predicted octanol–water partition coefficient (Wildman–Crippen LogP) is 4.03. The first-order valence-electron chi connectivity index (χ1n) is 11.1. The fourth-order valence-electron chi connectivity index (χ4n) is 3.75. The van der Waals surface area contributed by atoms with Gasteiger partial charge >= 0.3 is 6.09 Å². The summed E-state index contributed by atoms with van der Waals surface area (Å²) >= 11 is 0. The van der Waals surface area contributed by atoms with E-state index < -0.39 is 23.2 Å². The van der Waals surface area contributed by atoms with Crippen LogP contribution in [0.5, 0.6) is 5.88 Å². The maximum Gasteiger partial charge on any atom is 0.408 e. The molecule has 2 atom stereocenters. The first-order chi connectivity index (χ1) is 15.4. The Kier molecular flexibility index (Phi) is 6.82. The van der Waals surface area contributed by atoms with E-state index in [0.29, 0.717) is 25.4 Å². The summed E-state index contributed by atoms with van der Waals surface area (Å²) in [6.45, 7) is 11.9. The second-order valence-electron chi connectivity index (χ2n) is 10.4. The molecule has 33 heavy (non-hydrogen) atoms. The first kappa shape index (κ1) is 24.3. The topological polar surface area (TPSA) is 105 Å². The van der Waals surface area contributed by atoms with Gasteiger partial charge in [0.2, 0.25) is 11.8 Å². The molecule has 2 amide bonds. The largest absolute Gasteiger partial charge is 0.472 e. The Hall–Kier alpha value is -3.34. The molecule has 176 valence electrons. The Labute approximate surface area is 194 Å². The fourth-order valence-corrected chi connectivity index (χ4v) is 3.75. The number of nitrogens with zero attached hydrogens (tertiary/aromatic N) is 3. The van der Waals surface area contributed by atoms with Gasteiger partial charge in [0, 0.05) is 18.4 Å². The summed E-state index contributed by atoms with van der Waals surface area (Å²) in [5.74, 6) is 0.214. The Morgan fingerprint density at radius 3 is 2.55 bits per heavy atom. The van der Waals surface area contributed by atoms with E-state index in [1.54, 1.807) is 31.7 Å². The third-order valence-corrected chi connectivity index (χ3v) is 5.33. The number of amides is 2. The highest BCUT2D eigenvalue weighted by Crippen LogP contribution is 2.28. The minimum absolute atomic E-state index is 0.178. The molecule has 8 heteroatoms. The minimum Gasteiger partial charge on any atom is -0.472 e. The molecule has 1 aliphatic rings. The third kappa shape index (κ3) is 6.13. The van der Waals surface area contributed by atoms with Crippen molar-refractivity contribution in [3.05, 3.63) is 36.0 Å². The number of ether oxygens (including phenoxy) is 2. The molecule has 1 aromatic carbocycles. The van der Waals surface area contributed by atoms with Crippen LogP contribution in [0.25, 0.3) is 10.8 Å². The van der Waals surface area contributed by atoms with Crippen molar-refractivity contribution in [2.24, 2.45) is 5.41 Å². The van der Waals surface area contributed by atoms with Crippen LogP contribution in [0.3, 0.4) is 0 Å². The zero-order valence-electron chi connectivity index (χ0n) is 20.1. The molecule has 1 saturated heterocycles. The normalized spacial score (nSPS) is 17.4. The van der Waals surface area contributed by atoms with Gasteiger partial charge in [0.1, 0.15) is 29.5 Å². The predicted molar refractivity (Wildman–Crippen MR) is 125 cm³/mol. The van der Waals surface area contributed by atoms with Crippen LogP contribution in [0.2, 0.25) is 0 Å². The number of fused-ring (bicyclic) bond motifs is 1. The lowest BCUT2D eigenvalue weighted by Gasteiger charge is -2.34. The summed E-state index contributed by atoms with van der Waals surface area (Å²) in [5, 5.41) is 13.8. The van der Waals surface area contributed by atoms with Crippen LogP contribution >= 0.6 is 0 Å². The summed E-state index contributed by atoms with van der Waals surface area (Å²) < 4.78 is 11.5. The number of hydrogen-bond donors (Lipinski definition) is 1. The lowest BCUT2D eigenvalue weighted by Crippen LogP contribution is -2.55. The van der Waals surface area contributed by atoms with Gasteiger partial charge in [-0.05, 0) is 43.7 Å². The average molecular weight is 453 g/mol. The number of alkyl carbamates (subject to hydrolysis) is 1. The lowest BCUT2D eigenvalue weighted by molar-refractivity contribution is -0.135. The first-order valence-corrected chi connectivity index (χ1v) is 11.1. The molecule has 1 fully saturated rings. The molecule has 0 unspecified atom stereocenters. The van der Waals surface area contributed by atoms with E-state index in [1.807, 2.05) is 45.0 Å². The van der Waals surface area contributed by atoms with Crippen molar-refractivity contribution in [2.45, 2.75) is 65.7 Å². The number of likely N-dealkylation sites (tertiary alicyclic amines) is 1. The second kappa shape index (κ2) is 9.26. The molecule has 0 aliphatic carbocycles. The van der Waals surface area contributed by atoms with Gasteiger partial charge in [-0.25, -0.2) is 9.78 Å². The van der Waals surface area contributed by atoms with Gasteiger partial charge in [0.25, 0.3) is 0 Å².